The first-order valence-corrected chi connectivity index (χ1v) is 8.52. The van der Waals surface area contributed by atoms with Gasteiger partial charge in [0, 0.05) is 0 Å². The van der Waals surface area contributed by atoms with Crippen molar-refractivity contribution in [1.29, 1.82) is 0 Å². The van der Waals surface area contributed by atoms with Gasteiger partial charge >= 0.3 is 5.97 Å². The van der Waals surface area contributed by atoms with E-state index in [1.54, 1.807) is 25.1 Å². The lowest BCUT2D eigenvalue weighted by Crippen LogP contribution is -2.53. The molecule has 1 atom stereocenters. The number of anilines is 1. The van der Waals surface area contributed by atoms with Gasteiger partial charge in [-0.15, -0.1) is 0 Å². The Morgan fingerprint density at radius 3 is 2.54 bits per heavy atom. The van der Waals surface area contributed by atoms with Gasteiger partial charge in [-0.25, -0.2) is 4.79 Å². The zero-order valence-electron chi connectivity index (χ0n) is 15.1. The van der Waals surface area contributed by atoms with Crippen LogP contribution in [0.25, 0.3) is 0 Å². The molecule has 6 heteroatoms. The van der Waals surface area contributed by atoms with Crippen molar-refractivity contribution < 1.29 is 19.1 Å². The normalized spacial score (nSPS) is 18.3. The van der Waals surface area contributed by atoms with Gasteiger partial charge in [-0.2, -0.15) is 0 Å². The van der Waals surface area contributed by atoms with Crippen LogP contribution in [-0.2, 0) is 15.2 Å². The molecule has 3 rings (SSSR count). The van der Waals surface area contributed by atoms with Gasteiger partial charge in [0.25, 0.3) is 5.91 Å². The van der Waals surface area contributed by atoms with E-state index in [1.807, 2.05) is 38.1 Å². The molecule has 0 saturated heterocycles. The average molecular weight is 354 g/mol. The molecule has 0 saturated carbocycles. The molecule has 1 heterocycles. The molecule has 0 aromatic heterocycles. The summed E-state index contributed by atoms with van der Waals surface area (Å²) in [4.78, 5) is 23.9. The van der Waals surface area contributed by atoms with Crippen LogP contribution in [0.15, 0.2) is 42.5 Å². The Kier molecular flexibility index (Phi) is 4.84. The monoisotopic (exact) mass is 354 g/mol. The highest BCUT2D eigenvalue weighted by Gasteiger charge is 2.35. The summed E-state index contributed by atoms with van der Waals surface area (Å²) >= 11 is 0. The predicted octanol–water partition coefficient (Wildman–Crippen LogP) is 2.97. The van der Waals surface area contributed by atoms with Gasteiger partial charge < -0.3 is 20.1 Å². The molecule has 6 nitrogen and oxygen atoms in total. The highest BCUT2D eigenvalue weighted by atomic mass is 16.6. The molecule has 1 aliphatic rings. The number of hydrogen-bond donors (Lipinski definition) is 2. The number of esters is 1. The van der Waals surface area contributed by atoms with Crippen molar-refractivity contribution in [2.24, 2.45) is 0 Å². The van der Waals surface area contributed by atoms with Crippen molar-refractivity contribution in [2.75, 3.05) is 18.5 Å². The van der Waals surface area contributed by atoms with Crippen LogP contribution in [0.3, 0.4) is 0 Å². The molecule has 0 bridgehead atoms. The molecule has 0 aliphatic carbocycles. The number of nitrogens with one attached hydrogen (secondary N) is 2. The largest absolute Gasteiger partial charge is 0.482 e. The number of aryl methyl sites for hydroxylation is 1. The van der Waals surface area contributed by atoms with E-state index in [1.165, 1.54) is 0 Å². The minimum absolute atomic E-state index is 0.118. The van der Waals surface area contributed by atoms with Gasteiger partial charge in [0.1, 0.15) is 11.4 Å². The summed E-state index contributed by atoms with van der Waals surface area (Å²) in [6.07, 6.45) is 0. The molecule has 0 spiro atoms. The van der Waals surface area contributed by atoms with Crippen molar-refractivity contribution in [3.63, 3.8) is 0 Å². The van der Waals surface area contributed by atoms with Crippen LogP contribution in [0.2, 0.25) is 0 Å². The summed E-state index contributed by atoms with van der Waals surface area (Å²) in [6, 6.07) is 12.9. The number of carbonyl (C=O) groups is 2. The Bertz CT molecular complexity index is 832. The molecule has 26 heavy (non-hydrogen) atoms. The molecule has 2 aromatic carbocycles. The maximum atomic E-state index is 12.5. The molecule has 2 N–H and O–H groups in total. The topological polar surface area (TPSA) is 76.7 Å². The minimum Gasteiger partial charge on any atom is -0.482 e. The van der Waals surface area contributed by atoms with E-state index in [9.17, 15) is 9.59 Å². The Balaban J connectivity index is 1.78. The number of fused-ring (bicyclic) bond motifs is 1. The second kappa shape index (κ2) is 7.07. The fraction of sp³-hybridized carbons (Fsp3) is 0.300. The Hall–Kier alpha value is -3.02. The first kappa shape index (κ1) is 17.8. The Morgan fingerprint density at radius 2 is 1.85 bits per heavy atom. The van der Waals surface area contributed by atoms with Gasteiger partial charge in [-0.1, -0.05) is 24.3 Å². The van der Waals surface area contributed by atoms with Crippen LogP contribution in [0, 0.1) is 6.92 Å². The smallest absolute Gasteiger partial charge is 0.344 e. The van der Waals surface area contributed by atoms with Gasteiger partial charge in [0.05, 0.1) is 17.9 Å². The number of hydrogen-bond acceptors (Lipinski definition) is 5. The van der Waals surface area contributed by atoms with Gasteiger partial charge in [-0.3, -0.25) is 4.79 Å². The maximum Gasteiger partial charge on any atom is 0.344 e. The van der Waals surface area contributed by atoms with Crippen molar-refractivity contribution in [3.05, 3.63) is 59.2 Å². The molecule has 0 fully saturated rings. The minimum atomic E-state index is -0.740. The lowest BCUT2D eigenvalue weighted by atomic mass is 9.94. The molecule has 1 unspecified atom stereocenters. The average Bonchev–Trinajstić information content (AvgIpc) is 2.62. The van der Waals surface area contributed by atoms with Crippen molar-refractivity contribution in [3.8, 4) is 5.75 Å². The van der Waals surface area contributed by atoms with Crippen molar-refractivity contribution >= 4 is 17.6 Å². The quantitative estimate of drug-likeness (QED) is 0.808. The van der Waals surface area contributed by atoms with Crippen LogP contribution in [-0.4, -0.2) is 25.1 Å². The van der Waals surface area contributed by atoms with Gasteiger partial charge in [0.15, 0.2) is 6.61 Å². The standard InChI is InChI=1S/C20H22N2O4/c1-4-25-17(23)12-26-15-10-8-14(9-11-15)20(3)21-18-13(2)6-5-7-16(18)19(24)22-20/h5-11,21H,4,12H2,1-3H3,(H,22,24). The fourth-order valence-electron chi connectivity index (χ4n) is 2.97. The predicted molar refractivity (Wildman–Crippen MR) is 98.2 cm³/mol. The zero-order chi connectivity index (χ0) is 18.7. The van der Waals surface area contributed by atoms with Crippen LogP contribution in [0.5, 0.6) is 5.75 Å². The van der Waals surface area contributed by atoms with Crippen LogP contribution >= 0.6 is 0 Å². The third kappa shape index (κ3) is 3.49. The zero-order valence-corrected chi connectivity index (χ0v) is 15.1. The summed E-state index contributed by atoms with van der Waals surface area (Å²) in [5.74, 6) is 0.0357. The van der Waals surface area contributed by atoms with Crippen molar-refractivity contribution in [1.82, 2.24) is 5.32 Å². The van der Waals surface area contributed by atoms with E-state index in [0.29, 0.717) is 17.9 Å². The third-order valence-electron chi connectivity index (χ3n) is 4.35. The van der Waals surface area contributed by atoms with E-state index < -0.39 is 11.6 Å². The fourth-order valence-corrected chi connectivity index (χ4v) is 2.97. The molecule has 0 radical (unpaired) electrons. The third-order valence-corrected chi connectivity index (χ3v) is 4.35. The van der Waals surface area contributed by atoms with Crippen LogP contribution in [0.4, 0.5) is 5.69 Å². The van der Waals surface area contributed by atoms with E-state index in [-0.39, 0.29) is 12.5 Å². The lowest BCUT2D eigenvalue weighted by Gasteiger charge is -2.38. The summed E-state index contributed by atoms with van der Waals surface area (Å²) in [5, 5.41) is 6.44. The Morgan fingerprint density at radius 1 is 1.12 bits per heavy atom. The number of amides is 1. The van der Waals surface area contributed by atoms with Crippen LogP contribution in [0.1, 0.15) is 35.3 Å². The number of benzene rings is 2. The SMILES string of the molecule is CCOC(=O)COc1ccc(C2(C)NC(=O)c3cccc(C)c3N2)cc1. The number of carbonyl (C=O) groups excluding carboxylic acids is 2. The Labute approximate surface area is 152 Å². The highest BCUT2D eigenvalue weighted by molar-refractivity contribution is 6.02. The maximum absolute atomic E-state index is 12.5. The van der Waals surface area contributed by atoms with E-state index in [0.717, 1.165) is 16.8 Å². The molecule has 1 aliphatic heterocycles. The second-order valence-corrected chi connectivity index (χ2v) is 6.32. The van der Waals surface area contributed by atoms with E-state index in [4.69, 9.17) is 9.47 Å². The molecular formula is C20H22N2O4. The summed E-state index contributed by atoms with van der Waals surface area (Å²) in [6.45, 7) is 5.82. The molecule has 2 aromatic rings. The summed E-state index contributed by atoms with van der Waals surface area (Å²) in [5.41, 5.74) is 2.62. The summed E-state index contributed by atoms with van der Waals surface area (Å²) in [7, 11) is 0. The first-order valence-electron chi connectivity index (χ1n) is 8.52. The molecular weight excluding hydrogens is 332 g/mol. The highest BCUT2D eigenvalue weighted by Crippen LogP contribution is 2.33. The van der Waals surface area contributed by atoms with Gasteiger partial charge in [0.2, 0.25) is 0 Å². The molecule has 136 valence electrons. The van der Waals surface area contributed by atoms with E-state index in [2.05, 4.69) is 10.6 Å². The second-order valence-electron chi connectivity index (χ2n) is 6.32. The van der Waals surface area contributed by atoms with Gasteiger partial charge in [-0.05, 0) is 50.1 Å². The summed E-state index contributed by atoms with van der Waals surface area (Å²) < 4.78 is 10.2. The van der Waals surface area contributed by atoms with Crippen molar-refractivity contribution in [2.45, 2.75) is 26.4 Å². The first-order chi connectivity index (χ1) is 12.4. The number of rotatable bonds is 5. The lowest BCUT2D eigenvalue weighted by molar-refractivity contribution is -0.145. The molecule has 1 amide bonds. The van der Waals surface area contributed by atoms with Crippen LogP contribution < -0.4 is 15.4 Å². The number of para-hydroxylation sites is 1. The van der Waals surface area contributed by atoms with E-state index >= 15 is 0 Å². The number of ether oxygens (including phenoxy) is 2.